The molecule has 1 saturated heterocycles. The molecule has 0 saturated carbocycles. The van der Waals surface area contributed by atoms with E-state index in [1.165, 1.54) is 7.11 Å². The number of urea groups is 1. The molecule has 0 aromatic heterocycles. The zero-order valence-corrected chi connectivity index (χ0v) is 11.6. The van der Waals surface area contributed by atoms with Crippen molar-refractivity contribution in [3.63, 3.8) is 0 Å². The van der Waals surface area contributed by atoms with Gasteiger partial charge >= 0.3 is 12.0 Å². The Labute approximate surface area is 112 Å². The lowest BCUT2D eigenvalue weighted by Gasteiger charge is -2.36. The molecule has 0 aromatic carbocycles. The van der Waals surface area contributed by atoms with Crippen molar-refractivity contribution in [3.8, 4) is 0 Å². The summed E-state index contributed by atoms with van der Waals surface area (Å²) in [6.07, 6.45) is 0.832. The first-order valence-corrected chi connectivity index (χ1v) is 6.29. The van der Waals surface area contributed by atoms with Gasteiger partial charge in [-0.15, -0.1) is 0 Å². The molecule has 2 N–H and O–H groups in total. The summed E-state index contributed by atoms with van der Waals surface area (Å²) >= 11 is 0. The molecule has 7 nitrogen and oxygen atoms in total. The van der Waals surface area contributed by atoms with Crippen molar-refractivity contribution in [1.29, 1.82) is 0 Å². The normalized spacial score (nSPS) is 24.9. The second-order valence-corrected chi connectivity index (χ2v) is 4.78. The molecule has 0 radical (unpaired) electrons. The van der Waals surface area contributed by atoms with Gasteiger partial charge in [-0.25, -0.2) is 9.59 Å². The van der Waals surface area contributed by atoms with E-state index >= 15 is 0 Å². The van der Waals surface area contributed by atoms with Crippen LogP contribution in [-0.4, -0.2) is 68.1 Å². The maximum Gasteiger partial charge on any atom is 0.328 e. The Kier molecular flexibility index (Phi) is 6.04. The van der Waals surface area contributed by atoms with Crippen LogP contribution in [-0.2, 0) is 14.3 Å². The maximum absolute atomic E-state index is 12.0. The highest BCUT2D eigenvalue weighted by atomic mass is 16.5. The van der Waals surface area contributed by atoms with Gasteiger partial charge in [0.1, 0.15) is 0 Å². The van der Waals surface area contributed by atoms with Crippen LogP contribution in [0.5, 0.6) is 0 Å². The smallest absolute Gasteiger partial charge is 0.328 e. The van der Waals surface area contributed by atoms with Crippen molar-refractivity contribution in [3.05, 3.63) is 0 Å². The quantitative estimate of drug-likeness (QED) is 0.745. The van der Waals surface area contributed by atoms with E-state index in [1.54, 1.807) is 12.0 Å². The van der Waals surface area contributed by atoms with E-state index in [1.807, 2.05) is 0 Å². The predicted molar refractivity (Wildman–Crippen MR) is 68.0 cm³/mol. The van der Waals surface area contributed by atoms with Gasteiger partial charge in [0.2, 0.25) is 0 Å². The Bertz CT molecular complexity index is 323. The number of nitrogens with one attached hydrogen (secondary N) is 1. The van der Waals surface area contributed by atoms with Gasteiger partial charge in [0, 0.05) is 27.3 Å². The van der Waals surface area contributed by atoms with E-state index in [-0.39, 0.29) is 12.7 Å². The zero-order chi connectivity index (χ0) is 14.4. The molecule has 19 heavy (non-hydrogen) atoms. The van der Waals surface area contributed by atoms with Gasteiger partial charge in [-0.2, -0.15) is 0 Å². The molecule has 1 rings (SSSR count). The molecular weight excluding hydrogens is 252 g/mol. The SMILES string of the molecule is COCC(NC(=O)N1CCC(C)C(OC)C1)C(=O)O. The highest BCUT2D eigenvalue weighted by molar-refractivity contribution is 5.82. The number of nitrogens with zero attached hydrogens (tertiary/aromatic N) is 1. The molecule has 110 valence electrons. The second-order valence-electron chi connectivity index (χ2n) is 4.78. The fourth-order valence-electron chi connectivity index (χ4n) is 2.11. The molecule has 3 atom stereocenters. The van der Waals surface area contributed by atoms with Crippen LogP contribution in [0.4, 0.5) is 4.79 Å². The number of rotatable bonds is 5. The number of methoxy groups -OCH3 is 2. The molecule has 0 aromatic rings. The Balaban J connectivity index is 2.55. The molecular formula is C12H22N2O5. The summed E-state index contributed by atoms with van der Waals surface area (Å²) in [6, 6.07) is -1.42. The van der Waals surface area contributed by atoms with Gasteiger partial charge in [0.15, 0.2) is 6.04 Å². The monoisotopic (exact) mass is 274 g/mol. The Morgan fingerprint density at radius 2 is 2.16 bits per heavy atom. The lowest BCUT2D eigenvalue weighted by Crippen LogP contribution is -2.54. The first-order chi connectivity index (χ1) is 8.99. The van der Waals surface area contributed by atoms with Crippen molar-refractivity contribution >= 4 is 12.0 Å². The standard InChI is InChI=1S/C12H22N2O5/c1-8-4-5-14(6-10(8)19-3)12(17)13-9(7-18-2)11(15)16/h8-10H,4-7H2,1-3H3,(H,13,17)(H,15,16). The highest BCUT2D eigenvalue weighted by Crippen LogP contribution is 2.19. The van der Waals surface area contributed by atoms with Crippen molar-refractivity contribution in [2.75, 3.05) is 33.9 Å². The lowest BCUT2D eigenvalue weighted by atomic mass is 9.96. The number of ether oxygens (including phenoxy) is 2. The number of carbonyl (C=O) groups is 2. The Morgan fingerprint density at radius 3 is 2.68 bits per heavy atom. The fraction of sp³-hybridized carbons (Fsp3) is 0.833. The second kappa shape index (κ2) is 7.30. The van der Waals surface area contributed by atoms with Crippen molar-refractivity contribution in [1.82, 2.24) is 10.2 Å². The lowest BCUT2D eigenvalue weighted by molar-refractivity contribution is -0.140. The molecule has 7 heteroatoms. The number of amides is 2. The molecule has 3 unspecified atom stereocenters. The number of carboxylic acids is 1. The molecule has 1 heterocycles. The van der Waals surface area contributed by atoms with Crippen LogP contribution in [0.2, 0.25) is 0 Å². The summed E-state index contributed by atoms with van der Waals surface area (Å²) in [5.41, 5.74) is 0. The average molecular weight is 274 g/mol. The minimum Gasteiger partial charge on any atom is -0.480 e. The van der Waals surface area contributed by atoms with Crippen LogP contribution in [0.15, 0.2) is 0 Å². The van der Waals surface area contributed by atoms with Gasteiger partial charge in [-0.3, -0.25) is 0 Å². The van der Waals surface area contributed by atoms with Gasteiger partial charge in [0.05, 0.1) is 12.7 Å². The third-order valence-corrected chi connectivity index (χ3v) is 3.41. The third-order valence-electron chi connectivity index (χ3n) is 3.41. The van der Waals surface area contributed by atoms with Crippen LogP contribution in [0.3, 0.4) is 0 Å². The summed E-state index contributed by atoms with van der Waals surface area (Å²) in [7, 11) is 3.01. The van der Waals surface area contributed by atoms with E-state index in [0.29, 0.717) is 19.0 Å². The number of aliphatic carboxylic acids is 1. The first-order valence-electron chi connectivity index (χ1n) is 6.29. The fourth-order valence-corrected chi connectivity index (χ4v) is 2.11. The summed E-state index contributed by atoms with van der Waals surface area (Å²) in [5.74, 6) is -0.716. The van der Waals surface area contributed by atoms with E-state index in [0.717, 1.165) is 6.42 Å². The van der Waals surface area contributed by atoms with Gasteiger partial charge in [-0.1, -0.05) is 6.92 Å². The number of carboxylic acid groups (broad SMARTS) is 1. The first kappa shape index (κ1) is 15.7. The van der Waals surface area contributed by atoms with Crippen LogP contribution in [0, 0.1) is 5.92 Å². The zero-order valence-electron chi connectivity index (χ0n) is 11.6. The molecule has 0 spiro atoms. The summed E-state index contributed by atoms with van der Waals surface area (Å²) in [6.45, 7) is 3.10. The maximum atomic E-state index is 12.0. The Hall–Kier alpha value is -1.34. The molecule has 1 aliphatic rings. The summed E-state index contributed by atoms with van der Waals surface area (Å²) in [5, 5.41) is 11.4. The number of carbonyl (C=O) groups excluding carboxylic acids is 1. The van der Waals surface area contributed by atoms with Crippen LogP contribution >= 0.6 is 0 Å². The number of hydrogen-bond acceptors (Lipinski definition) is 4. The van der Waals surface area contributed by atoms with E-state index in [4.69, 9.17) is 14.6 Å². The van der Waals surface area contributed by atoms with Crippen molar-refractivity contribution < 1.29 is 24.2 Å². The highest BCUT2D eigenvalue weighted by Gasteiger charge is 2.30. The van der Waals surface area contributed by atoms with E-state index in [9.17, 15) is 9.59 Å². The van der Waals surface area contributed by atoms with E-state index in [2.05, 4.69) is 12.2 Å². The molecule has 1 fully saturated rings. The summed E-state index contributed by atoms with van der Waals surface area (Å²) < 4.78 is 10.1. The number of piperidine rings is 1. The molecule has 1 aliphatic heterocycles. The summed E-state index contributed by atoms with van der Waals surface area (Å²) in [4.78, 5) is 24.5. The topological polar surface area (TPSA) is 88.1 Å². The van der Waals surface area contributed by atoms with Gasteiger partial charge in [-0.05, 0) is 12.3 Å². The number of hydrogen-bond donors (Lipinski definition) is 2. The predicted octanol–water partition coefficient (Wildman–Crippen LogP) is 0.152. The third kappa shape index (κ3) is 4.36. The minimum absolute atomic E-state index is 0.00907. The van der Waals surface area contributed by atoms with Gasteiger partial charge < -0.3 is 24.8 Å². The van der Waals surface area contributed by atoms with E-state index < -0.39 is 18.0 Å². The largest absolute Gasteiger partial charge is 0.480 e. The van der Waals surface area contributed by atoms with Crippen molar-refractivity contribution in [2.24, 2.45) is 5.92 Å². The molecule has 0 bridgehead atoms. The Morgan fingerprint density at radius 1 is 1.47 bits per heavy atom. The van der Waals surface area contributed by atoms with Crippen LogP contribution in [0.25, 0.3) is 0 Å². The molecule has 0 aliphatic carbocycles. The van der Waals surface area contributed by atoms with Crippen LogP contribution in [0.1, 0.15) is 13.3 Å². The number of likely N-dealkylation sites (tertiary alicyclic amines) is 1. The molecule has 2 amide bonds. The van der Waals surface area contributed by atoms with Crippen molar-refractivity contribution in [2.45, 2.75) is 25.5 Å². The van der Waals surface area contributed by atoms with Crippen LogP contribution < -0.4 is 5.32 Å². The van der Waals surface area contributed by atoms with Gasteiger partial charge in [0.25, 0.3) is 0 Å². The average Bonchev–Trinajstić information content (AvgIpc) is 2.38. The minimum atomic E-state index is -1.11.